The summed E-state index contributed by atoms with van der Waals surface area (Å²) in [5.74, 6) is -5.09. The molecule has 0 bridgehead atoms. The Morgan fingerprint density at radius 3 is 2.03 bits per heavy atom. The average molecular weight is 559 g/mol. The Kier molecular flexibility index (Phi) is 5.25. The van der Waals surface area contributed by atoms with E-state index in [0.717, 1.165) is 9.37 Å². The van der Waals surface area contributed by atoms with Crippen LogP contribution < -0.4 is 10.2 Å². The number of Topliss-reactive ketones (excluding diaryl/α,β-unsaturated/α-hetero) is 2. The van der Waals surface area contributed by atoms with Gasteiger partial charge in [0.15, 0.2) is 0 Å². The fourth-order valence-electron chi connectivity index (χ4n) is 5.62. The number of carbonyl (C=O) groups is 5. The van der Waals surface area contributed by atoms with E-state index in [1.807, 2.05) is 0 Å². The van der Waals surface area contributed by atoms with Crippen molar-refractivity contribution in [2.45, 2.75) is 18.6 Å². The van der Waals surface area contributed by atoms with Crippen LogP contribution in [0.15, 0.2) is 77.3 Å². The highest BCUT2D eigenvalue weighted by atomic mass is 79.9. The summed E-state index contributed by atoms with van der Waals surface area (Å²) < 4.78 is 7.07. The van der Waals surface area contributed by atoms with Crippen LogP contribution in [-0.4, -0.2) is 34.9 Å². The third-order valence-corrected chi connectivity index (χ3v) is 7.69. The number of amides is 3. The molecule has 2 saturated heterocycles. The molecule has 1 spiro atoms. The zero-order valence-electron chi connectivity index (χ0n) is 19.4. The van der Waals surface area contributed by atoms with Gasteiger partial charge in [-0.05, 0) is 42.0 Å². The van der Waals surface area contributed by atoms with Crippen molar-refractivity contribution in [3.05, 3.63) is 94.0 Å². The summed E-state index contributed by atoms with van der Waals surface area (Å²) in [6.07, 6.45) is -0.986. The Labute approximate surface area is 219 Å². The Morgan fingerprint density at radius 2 is 1.46 bits per heavy atom. The minimum atomic E-state index is -2.12. The molecule has 3 aromatic rings. The second kappa shape index (κ2) is 8.29. The molecule has 3 aromatic carbocycles. The smallest absolute Gasteiger partial charge is 0.241 e. The highest BCUT2D eigenvalue weighted by molar-refractivity contribution is 9.10. The van der Waals surface area contributed by atoms with Gasteiger partial charge in [0.05, 0.1) is 23.6 Å². The fraction of sp³-hybridized carbons (Fsp3) is 0.179. The van der Waals surface area contributed by atoms with Gasteiger partial charge in [-0.1, -0.05) is 52.3 Å². The number of halogens is 1. The zero-order valence-corrected chi connectivity index (χ0v) is 21.0. The molecule has 0 aromatic heterocycles. The largest absolute Gasteiger partial charge is 0.349 e. The van der Waals surface area contributed by atoms with E-state index in [-0.39, 0.29) is 22.7 Å². The Hall–Kier alpha value is -3.95. The van der Waals surface area contributed by atoms with Crippen molar-refractivity contribution in [1.82, 2.24) is 0 Å². The van der Waals surface area contributed by atoms with Crippen molar-refractivity contribution < 1.29 is 28.7 Å². The van der Waals surface area contributed by atoms with Crippen molar-refractivity contribution in [2.24, 2.45) is 11.8 Å². The number of nitrogens with zero attached hydrogens (tertiary/aromatic N) is 1. The number of imide groups is 1. The molecule has 3 aliphatic rings. The molecule has 1 N–H and O–H groups in total. The molecule has 6 rings (SSSR count). The molecule has 9 heteroatoms. The SMILES string of the molecule is CC(=O)Nc1ccc(N2C(=O)C3C(c4ccc(Br)cc4)OC4(C(=O)c5ccccc5C4=O)C3C2=O)cc1. The first-order valence-corrected chi connectivity index (χ1v) is 12.4. The monoisotopic (exact) mass is 558 g/mol. The van der Waals surface area contributed by atoms with Crippen LogP contribution in [0.4, 0.5) is 11.4 Å². The molecule has 2 aliphatic heterocycles. The van der Waals surface area contributed by atoms with Gasteiger partial charge in [0, 0.05) is 28.2 Å². The molecular formula is C28H19BrN2O6. The average Bonchev–Trinajstić information content (AvgIpc) is 3.45. The molecular weight excluding hydrogens is 540 g/mol. The first kappa shape index (κ1) is 23.4. The molecule has 3 amide bonds. The standard InChI is InChI=1S/C28H19BrN2O6/c1-14(32)30-17-10-12-18(13-11-17)31-26(35)21-22(27(31)36)28(37-23(21)15-6-8-16(29)9-7-15)24(33)19-4-2-3-5-20(19)25(28)34/h2-13,21-23H,1H3,(H,30,32). The summed E-state index contributed by atoms with van der Waals surface area (Å²) in [5.41, 5.74) is -0.403. The summed E-state index contributed by atoms with van der Waals surface area (Å²) in [4.78, 5) is 67.7. The van der Waals surface area contributed by atoms with Crippen molar-refractivity contribution in [1.29, 1.82) is 0 Å². The minimum absolute atomic E-state index is 0.182. The number of ketones is 2. The van der Waals surface area contributed by atoms with Crippen LogP contribution in [0.5, 0.6) is 0 Å². The third kappa shape index (κ3) is 3.27. The van der Waals surface area contributed by atoms with Gasteiger partial charge in [-0.2, -0.15) is 0 Å². The molecule has 184 valence electrons. The van der Waals surface area contributed by atoms with E-state index >= 15 is 0 Å². The number of hydrogen-bond donors (Lipinski definition) is 1. The van der Waals surface area contributed by atoms with Crippen LogP contribution >= 0.6 is 15.9 Å². The Balaban J connectivity index is 1.48. The number of nitrogens with one attached hydrogen (secondary N) is 1. The molecule has 37 heavy (non-hydrogen) atoms. The molecule has 0 saturated carbocycles. The number of benzene rings is 3. The maximum absolute atomic E-state index is 13.9. The fourth-order valence-corrected chi connectivity index (χ4v) is 5.89. The number of hydrogen-bond acceptors (Lipinski definition) is 6. The van der Waals surface area contributed by atoms with Crippen LogP contribution in [0, 0.1) is 11.8 Å². The van der Waals surface area contributed by atoms with Crippen molar-refractivity contribution in [3.63, 3.8) is 0 Å². The first-order valence-electron chi connectivity index (χ1n) is 11.6. The maximum atomic E-state index is 13.9. The highest BCUT2D eigenvalue weighted by Gasteiger charge is 2.74. The van der Waals surface area contributed by atoms with Gasteiger partial charge in [0.2, 0.25) is 34.9 Å². The summed E-state index contributed by atoms with van der Waals surface area (Å²) in [6, 6.07) is 19.6. The van der Waals surface area contributed by atoms with E-state index in [2.05, 4.69) is 21.2 Å². The van der Waals surface area contributed by atoms with Gasteiger partial charge in [-0.15, -0.1) is 0 Å². The van der Waals surface area contributed by atoms with Crippen LogP contribution in [0.2, 0.25) is 0 Å². The number of rotatable bonds is 3. The molecule has 1 aliphatic carbocycles. The quantitative estimate of drug-likeness (QED) is 0.382. The number of fused-ring (bicyclic) bond motifs is 3. The highest BCUT2D eigenvalue weighted by Crippen LogP contribution is 2.57. The van der Waals surface area contributed by atoms with Crippen LogP contribution in [0.1, 0.15) is 39.3 Å². The van der Waals surface area contributed by atoms with Crippen molar-refractivity contribution in [2.75, 3.05) is 10.2 Å². The van der Waals surface area contributed by atoms with Crippen LogP contribution in [-0.2, 0) is 19.1 Å². The lowest BCUT2D eigenvalue weighted by Crippen LogP contribution is -2.51. The zero-order chi connectivity index (χ0) is 26.1. The molecule has 8 nitrogen and oxygen atoms in total. The van der Waals surface area contributed by atoms with Gasteiger partial charge >= 0.3 is 0 Å². The first-order chi connectivity index (χ1) is 17.7. The van der Waals surface area contributed by atoms with Crippen LogP contribution in [0.25, 0.3) is 0 Å². The third-order valence-electron chi connectivity index (χ3n) is 7.16. The normalized spacial score (nSPS) is 23.5. The summed E-state index contributed by atoms with van der Waals surface area (Å²) in [6.45, 7) is 1.37. The maximum Gasteiger partial charge on any atom is 0.241 e. The van der Waals surface area contributed by atoms with Gasteiger partial charge in [-0.3, -0.25) is 24.0 Å². The van der Waals surface area contributed by atoms with E-state index in [9.17, 15) is 24.0 Å². The number of carbonyl (C=O) groups excluding carboxylic acids is 5. The topological polar surface area (TPSA) is 110 Å². The molecule has 2 heterocycles. The lowest BCUT2D eigenvalue weighted by Gasteiger charge is -2.27. The van der Waals surface area contributed by atoms with Gasteiger partial charge in [0.25, 0.3) is 0 Å². The van der Waals surface area contributed by atoms with E-state index in [1.54, 1.807) is 48.5 Å². The van der Waals surface area contributed by atoms with E-state index in [1.165, 1.54) is 31.2 Å². The molecule has 3 unspecified atom stereocenters. The number of ether oxygens (including phenoxy) is 1. The summed E-state index contributed by atoms with van der Waals surface area (Å²) >= 11 is 3.39. The molecule has 3 atom stereocenters. The Bertz CT molecular complexity index is 1480. The lowest BCUT2D eigenvalue weighted by atomic mass is 9.77. The molecule has 2 fully saturated rings. The van der Waals surface area contributed by atoms with E-state index in [4.69, 9.17) is 4.74 Å². The van der Waals surface area contributed by atoms with Crippen molar-refractivity contribution in [3.8, 4) is 0 Å². The van der Waals surface area contributed by atoms with Gasteiger partial charge in [-0.25, -0.2) is 4.90 Å². The predicted molar refractivity (Wildman–Crippen MR) is 136 cm³/mol. The van der Waals surface area contributed by atoms with Crippen LogP contribution in [0.3, 0.4) is 0 Å². The molecule has 0 radical (unpaired) electrons. The minimum Gasteiger partial charge on any atom is -0.349 e. The second-order valence-electron chi connectivity index (χ2n) is 9.27. The predicted octanol–water partition coefficient (Wildman–Crippen LogP) is 4.10. The number of anilines is 2. The van der Waals surface area contributed by atoms with Gasteiger partial charge in [0.1, 0.15) is 0 Å². The van der Waals surface area contributed by atoms with Crippen molar-refractivity contribution >= 4 is 56.6 Å². The summed E-state index contributed by atoms with van der Waals surface area (Å²) in [5, 5.41) is 2.64. The van der Waals surface area contributed by atoms with Gasteiger partial charge < -0.3 is 10.1 Å². The lowest BCUT2D eigenvalue weighted by molar-refractivity contribution is -0.127. The summed E-state index contributed by atoms with van der Waals surface area (Å²) in [7, 11) is 0. The second-order valence-corrected chi connectivity index (χ2v) is 10.2. The Morgan fingerprint density at radius 1 is 0.865 bits per heavy atom. The van der Waals surface area contributed by atoms with E-state index < -0.39 is 46.9 Å². The van der Waals surface area contributed by atoms with E-state index in [0.29, 0.717) is 11.3 Å².